The SMILES string of the molecule is c1ccc([Si](c2ccccc2)(c2ccccc2)c2cccc(-c3nc(-n4c5ccccc5c5cc(-n6c7ccccc7c7ccccc76)ccc54)cc(-n4c5ccccc5c5cc(-n6c7ccccc7c7ccccc76)ccc54)n3)c2)cc1. The Bertz CT molecular complexity index is 4950. The molecule has 0 aliphatic rings. The number of fused-ring (bicyclic) bond motifs is 12. The molecule has 0 N–H and O–H groups in total. The van der Waals surface area contributed by atoms with E-state index in [-0.39, 0.29) is 0 Å². The zero-order chi connectivity index (χ0) is 54.6. The van der Waals surface area contributed by atoms with E-state index in [1.165, 1.54) is 64.4 Å². The third-order valence-electron chi connectivity index (χ3n) is 17.3. The highest BCUT2D eigenvalue weighted by atomic mass is 28.3. The molecule has 17 rings (SSSR count). The molecule has 0 unspecified atom stereocenters. The fourth-order valence-corrected chi connectivity index (χ4v) is 18.6. The Morgan fingerprint density at radius 2 is 0.518 bits per heavy atom. The first-order chi connectivity index (χ1) is 41.2. The normalized spacial score (nSPS) is 12.1. The average Bonchev–Trinajstić information content (AvgIpc) is 4.43. The van der Waals surface area contributed by atoms with Crippen LogP contribution in [0.4, 0.5) is 0 Å². The predicted octanol–water partition coefficient (Wildman–Crippen LogP) is 15.9. The fourth-order valence-electron chi connectivity index (χ4n) is 13.8. The Morgan fingerprint density at radius 3 is 0.892 bits per heavy atom. The molecular weight excluding hydrogens is 1020 g/mol. The van der Waals surface area contributed by atoms with Crippen LogP contribution in [0.5, 0.6) is 0 Å². The Hall–Kier alpha value is -10.9. The Kier molecular flexibility index (Phi) is 10.5. The van der Waals surface area contributed by atoms with Gasteiger partial charge in [0.2, 0.25) is 0 Å². The lowest BCUT2D eigenvalue weighted by molar-refractivity contribution is 0.994. The van der Waals surface area contributed by atoms with E-state index < -0.39 is 8.07 Å². The van der Waals surface area contributed by atoms with Gasteiger partial charge in [0.1, 0.15) is 11.6 Å². The first-order valence-corrected chi connectivity index (χ1v) is 30.4. The Labute approximate surface area is 479 Å². The highest BCUT2D eigenvalue weighted by Crippen LogP contribution is 2.40. The van der Waals surface area contributed by atoms with Crippen molar-refractivity contribution in [3.8, 4) is 34.4 Å². The van der Waals surface area contributed by atoms with Crippen molar-refractivity contribution in [3.05, 3.63) is 303 Å². The van der Waals surface area contributed by atoms with Crippen LogP contribution in [0.3, 0.4) is 0 Å². The van der Waals surface area contributed by atoms with Crippen molar-refractivity contribution in [1.29, 1.82) is 0 Å². The molecule has 0 spiro atoms. The lowest BCUT2D eigenvalue weighted by Crippen LogP contribution is -2.74. The standard InChI is InChI=1S/C76H50N6Si/c1-4-24-54(25-5-1)83(55-26-6-2-7-27-55,56-28-8-3-9-29-56)57-30-22-23-51(47-57)76-77-74(81-70-41-20-14-35-62(70)64-48-52(43-45-72(64)81)79-66-37-16-10-31-58(66)59-32-11-17-38-67(59)79)50-75(78-76)82-71-42-21-15-36-63(71)65-49-53(44-46-73(65)82)80-68-39-18-12-33-60(68)61-34-13-19-40-69(61)80/h1-50H. The quantitative estimate of drug-likeness (QED) is 0.107. The molecule has 0 saturated heterocycles. The molecule has 5 heterocycles. The van der Waals surface area contributed by atoms with Crippen LogP contribution < -0.4 is 20.7 Å². The van der Waals surface area contributed by atoms with Crippen LogP contribution in [0.1, 0.15) is 0 Å². The number of hydrogen-bond donors (Lipinski definition) is 0. The molecule has 83 heavy (non-hydrogen) atoms. The van der Waals surface area contributed by atoms with Gasteiger partial charge < -0.3 is 9.13 Å². The minimum Gasteiger partial charge on any atom is -0.309 e. The number of para-hydroxylation sites is 6. The van der Waals surface area contributed by atoms with E-state index in [0.29, 0.717) is 5.82 Å². The van der Waals surface area contributed by atoms with Gasteiger partial charge in [0.15, 0.2) is 13.9 Å². The Morgan fingerprint density at radius 1 is 0.217 bits per heavy atom. The van der Waals surface area contributed by atoms with Crippen LogP contribution in [0.25, 0.3) is 122 Å². The molecule has 0 fully saturated rings. The molecule has 7 heteroatoms. The first-order valence-electron chi connectivity index (χ1n) is 28.4. The maximum absolute atomic E-state index is 5.76. The average molecular weight is 1080 g/mol. The summed E-state index contributed by atoms with van der Waals surface area (Å²) in [7, 11) is -2.94. The maximum atomic E-state index is 5.76. The monoisotopic (exact) mass is 1070 g/mol. The van der Waals surface area contributed by atoms with Crippen molar-refractivity contribution >= 4 is 116 Å². The third-order valence-corrected chi connectivity index (χ3v) is 22.1. The zero-order valence-electron chi connectivity index (χ0n) is 45.1. The molecule has 0 aliphatic heterocycles. The molecule has 6 nitrogen and oxygen atoms in total. The Balaban J connectivity index is 0.931. The predicted molar refractivity (Wildman–Crippen MR) is 348 cm³/mol. The minimum atomic E-state index is -2.94. The second kappa shape index (κ2) is 18.6. The second-order valence-electron chi connectivity index (χ2n) is 21.7. The van der Waals surface area contributed by atoms with Crippen LogP contribution in [0.15, 0.2) is 303 Å². The molecule has 388 valence electrons. The first kappa shape index (κ1) is 47.0. The van der Waals surface area contributed by atoms with E-state index in [9.17, 15) is 0 Å². The highest BCUT2D eigenvalue weighted by molar-refractivity contribution is 7.19. The molecule has 5 aromatic heterocycles. The lowest BCUT2D eigenvalue weighted by Gasteiger charge is -2.34. The molecule has 0 saturated carbocycles. The summed E-state index contributed by atoms with van der Waals surface area (Å²) in [5.74, 6) is 2.19. The minimum absolute atomic E-state index is 0.636. The van der Waals surface area contributed by atoms with Crippen LogP contribution in [0, 0.1) is 0 Å². The smallest absolute Gasteiger partial charge is 0.179 e. The van der Waals surface area contributed by atoms with Gasteiger partial charge >= 0.3 is 0 Å². The summed E-state index contributed by atoms with van der Waals surface area (Å²) in [4.78, 5) is 11.5. The van der Waals surface area contributed by atoms with Crippen molar-refractivity contribution in [2.45, 2.75) is 0 Å². The summed E-state index contributed by atoms with van der Waals surface area (Å²) in [6.45, 7) is 0. The van der Waals surface area contributed by atoms with Gasteiger partial charge in [-0.1, -0.05) is 224 Å². The maximum Gasteiger partial charge on any atom is 0.179 e. The molecule has 0 amide bonds. The van der Waals surface area contributed by atoms with E-state index >= 15 is 0 Å². The number of rotatable bonds is 9. The van der Waals surface area contributed by atoms with Gasteiger partial charge in [-0.05, 0) is 93.5 Å². The third kappa shape index (κ3) is 7.08. The number of aromatic nitrogens is 6. The van der Waals surface area contributed by atoms with Crippen LogP contribution in [-0.2, 0) is 0 Å². The summed E-state index contributed by atoms with van der Waals surface area (Å²) in [5, 5.41) is 14.7. The molecule has 0 atom stereocenters. The number of hydrogen-bond acceptors (Lipinski definition) is 2. The van der Waals surface area contributed by atoms with Crippen LogP contribution >= 0.6 is 0 Å². The summed E-state index contributed by atoms with van der Waals surface area (Å²) in [5.41, 5.74) is 12.1. The molecule has 0 radical (unpaired) electrons. The highest BCUT2D eigenvalue weighted by Gasteiger charge is 2.41. The van der Waals surface area contributed by atoms with Gasteiger partial charge in [0.25, 0.3) is 0 Å². The molecule has 0 bridgehead atoms. The van der Waals surface area contributed by atoms with Crippen molar-refractivity contribution in [2.75, 3.05) is 0 Å². The van der Waals surface area contributed by atoms with E-state index in [1.807, 2.05) is 0 Å². The molecular formula is C76H50N6Si. The second-order valence-corrected chi connectivity index (χ2v) is 25.5. The van der Waals surface area contributed by atoms with E-state index in [0.717, 1.165) is 72.2 Å². The molecule has 0 aliphatic carbocycles. The van der Waals surface area contributed by atoms with Gasteiger partial charge in [-0.15, -0.1) is 0 Å². The van der Waals surface area contributed by atoms with Crippen molar-refractivity contribution in [2.24, 2.45) is 0 Å². The lowest BCUT2D eigenvalue weighted by atomic mass is 10.1. The van der Waals surface area contributed by atoms with Gasteiger partial charge in [0, 0.05) is 66.1 Å². The van der Waals surface area contributed by atoms with E-state index in [4.69, 9.17) is 9.97 Å². The van der Waals surface area contributed by atoms with Gasteiger partial charge in [-0.3, -0.25) is 9.13 Å². The van der Waals surface area contributed by atoms with Crippen molar-refractivity contribution in [3.63, 3.8) is 0 Å². The molecule has 12 aromatic carbocycles. The van der Waals surface area contributed by atoms with Crippen molar-refractivity contribution < 1.29 is 0 Å². The van der Waals surface area contributed by atoms with Gasteiger partial charge in [0.05, 0.1) is 44.1 Å². The number of benzene rings is 12. The van der Waals surface area contributed by atoms with Crippen LogP contribution in [-0.4, -0.2) is 36.3 Å². The summed E-state index contributed by atoms with van der Waals surface area (Å²) < 4.78 is 9.51. The number of nitrogens with zero attached hydrogens (tertiary/aromatic N) is 6. The summed E-state index contributed by atoms with van der Waals surface area (Å²) in [6.07, 6.45) is 0. The fraction of sp³-hybridized carbons (Fsp3) is 0. The zero-order valence-corrected chi connectivity index (χ0v) is 46.1. The molecule has 17 aromatic rings. The van der Waals surface area contributed by atoms with E-state index in [2.05, 4.69) is 322 Å². The van der Waals surface area contributed by atoms with Crippen LogP contribution in [0.2, 0.25) is 0 Å². The van der Waals surface area contributed by atoms with Gasteiger partial charge in [-0.2, -0.15) is 0 Å². The van der Waals surface area contributed by atoms with Gasteiger partial charge in [-0.25, -0.2) is 9.97 Å². The van der Waals surface area contributed by atoms with Crippen molar-refractivity contribution in [1.82, 2.24) is 28.2 Å². The largest absolute Gasteiger partial charge is 0.309 e. The summed E-state index contributed by atoms with van der Waals surface area (Å²) >= 11 is 0. The van der Waals surface area contributed by atoms with E-state index in [1.54, 1.807) is 0 Å². The topological polar surface area (TPSA) is 45.5 Å². The summed E-state index contributed by atoms with van der Waals surface area (Å²) in [6, 6.07) is 111.